The van der Waals surface area contributed by atoms with Crippen molar-refractivity contribution in [1.82, 2.24) is 10.2 Å². The number of nitrogens with one attached hydrogen (secondary N) is 1. The van der Waals surface area contributed by atoms with Crippen molar-refractivity contribution in [3.63, 3.8) is 0 Å². The highest BCUT2D eigenvalue weighted by molar-refractivity contribution is 5.22. The molecule has 0 saturated heterocycles. The molecule has 2 atom stereocenters. The third kappa shape index (κ3) is 6.22. The van der Waals surface area contributed by atoms with E-state index in [9.17, 15) is 0 Å². The molecule has 1 aromatic rings. The highest BCUT2D eigenvalue weighted by Gasteiger charge is 2.10. The lowest BCUT2D eigenvalue weighted by atomic mass is 10.1. The van der Waals surface area contributed by atoms with Gasteiger partial charge in [-0.2, -0.15) is 0 Å². The SMILES string of the molecule is CCCC(C)NCC(C)N(C)Cc1cccc(C)c1. The van der Waals surface area contributed by atoms with Crippen LogP contribution in [0, 0.1) is 6.92 Å². The zero-order chi connectivity index (χ0) is 14.3. The van der Waals surface area contributed by atoms with Gasteiger partial charge in [-0.3, -0.25) is 4.90 Å². The highest BCUT2D eigenvalue weighted by Crippen LogP contribution is 2.08. The first-order valence-electron chi connectivity index (χ1n) is 7.52. The molecule has 0 bridgehead atoms. The van der Waals surface area contributed by atoms with E-state index < -0.39 is 0 Å². The average molecular weight is 262 g/mol. The number of rotatable bonds is 8. The average Bonchev–Trinajstić information content (AvgIpc) is 2.36. The van der Waals surface area contributed by atoms with Gasteiger partial charge in [-0.25, -0.2) is 0 Å². The topological polar surface area (TPSA) is 15.3 Å². The third-order valence-electron chi connectivity index (χ3n) is 3.75. The summed E-state index contributed by atoms with van der Waals surface area (Å²) in [7, 11) is 2.21. The normalized spacial score (nSPS) is 14.6. The fraction of sp³-hybridized carbons (Fsp3) is 0.647. The van der Waals surface area contributed by atoms with Crippen LogP contribution in [0.15, 0.2) is 24.3 Å². The minimum Gasteiger partial charge on any atom is -0.313 e. The van der Waals surface area contributed by atoms with Crippen LogP contribution in [-0.4, -0.2) is 30.6 Å². The molecule has 0 saturated carbocycles. The van der Waals surface area contributed by atoms with Gasteiger partial charge in [0, 0.05) is 25.2 Å². The van der Waals surface area contributed by atoms with Crippen molar-refractivity contribution in [1.29, 1.82) is 0 Å². The van der Waals surface area contributed by atoms with Gasteiger partial charge in [-0.05, 0) is 39.8 Å². The summed E-state index contributed by atoms with van der Waals surface area (Å²) in [5, 5.41) is 3.62. The van der Waals surface area contributed by atoms with E-state index >= 15 is 0 Å². The summed E-state index contributed by atoms with van der Waals surface area (Å²) < 4.78 is 0. The van der Waals surface area contributed by atoms with Crippen LogP contribution in [0.4, 0.5) is 0 Å². The largest absolute Gasteiger partial charge is 0.313 e. The third-order valence-corrected chi connectivity index (χ3v) is 3.75. The van der Waals surface area contributed by atoms with Gasteiger partial charge in [-0.15, -0.1) is 0 Å². The van der Waals surface area contributed by atoms with Crippen LogP contribution in [0.5, 0.6) is 0 Å². The molecular weight excluding hydrogens is 232 g/mol. The summed E-state index contributed by atoms with van der Waals surface area (Å²) in [4.78, 5) is 2.42. The van der Waals surface area contributed by atoms with Gasteiger partial charge >= 0.3 is 0 Å². The van der Waals surface area contributed by atoms with E-state index in [1.54, 1.807) is 0 Å². The lowest BCUT2D eigenvalue weighted by molar-refractivity contribution is 0.237. The van der Waals surface area contributed by atoms with Crippen LogP contribution in [0.2, 0.25) is 0 Å². The summed E-state index contributed by atoms with van der Waals surface area (Å²) in [6, 6.07) is 9.96. The van der Waals surface area contributed by atoms with Crippen LogP contribution >= 0.6 is 0 Å². The summed E-state index contributed by atoms with van der Waals surface area (Å²) in [6.07, 6.45) is 2.51. The molecule has 2 nitrogen and oxygen atoms in total. The molecule has 0 aliphatic carbocycles. The summed E-state index contributed by atoms with van der Waals surface area (Å²) >= 11 is 0. The number of hydrogen-bond donors (Lipinski definition) is 1. The first-order valence-corrected chi connectivity index (χ1v) is 7.52. The van der Waals surface area contributed by atoms with Crippen molar-refractivity contribution < 1.29 is 0 Å². The zero-order valence-corrected chi connectivity index (χ0v) is 13.2. The lowest BCUT2D eigenvalue weighted by Gasteiger charge is -2.26. The van der Waals surface area contributed by atoms with Crippen molar-refractivity contribution in [3.05, 3.63) is 35.4 Å². The Morgan fingerprint density at radius 3 is 2.63 bits per heavy atom. The molecule has 1 N–H and O–H groups in total. The Bertz CT molecular complexity index is 362. The molecule has 0 fully saturated rings. The fourth-order valence-electron chi connectivity index (χ4n) is 2.32. The number of hydrogen-bond acceptors (Lipinski definition) is 2. The standard InChI is InChI=1S/C17H30N2/c1-6-8-15(3)18-12-16(4)19(5)13-17-10-7-9-14(2)11-17/h7,9-11,15-16,18H,6,8,12-13H2,1-5H3. The Labute approximate surface area is 119 Å². The Morgan fingerprint density at radius 2 is 2.00 bits per heavy atom. The maximum absolute atomic E-state index is 3.62. The molecule has 2 unspecified atom stereocenters. The number of nitrogens with zero attached hydrogens (tertiary/aromatic N) is 1. The van der Waals surface area contributed by atoms with Crippen LogP contribution in [0.25, 0.3) is 0 Å². The molecule has 1 aromatic carbocycles. The molecule has 0 spiro atoms. The fourth-order valence-corrected chi connectivity index (χ4v) is 2.32. The van der Waals surface area contributed by atoms with Crippen LogP contribution in [-0.2, 0) is 6.54 Å². The summed E-state index contributed by atoms with van der Waals surface area (Å²) in [5.41, 5.74) is 2.74. The second-order valence-corrected chi connectivity index (χ2v) is 5.85. The number of aryl methyl sites for hydroxylation is 1. The van der Waals surface area contributed by atoms with Gasteiger partial charge < -0.3 is 5.32 Å². The Balaban J connectivity index is 2.38. The minimum atomic E-state index is 0.555. The molecule has 0 aliphatic heterocycles. The van der Waals surface area contributed by atoms with Crippen molar-refractivity contribution >= 4 is 0 Å². The monoisotopic (exact) mass is 262 g/mol. The van der Waals surface area contributed by atoms with Gasteiger partial charge in [-0.1, -0.05) is 43.2 Å². The zero-order valence-electron chi connectivity index (χ0n) is 13.2. The van der Waals surface area contributed by atoms with E-state index in [0.717, 1.165) is 13.1 Å². The molecule has 0 aliphatic rings. The van der Waals surface area contributed by atoms with Crippen molar-refractivity contribution in [3.8, 4) is 0 Å². The minimum absolute atomic E-state index is 0.555. The maximum Gasteiger partial charge on any atom is 0.0234 e. The van der Waals surface area contributed by atoms with Crippen LogP contribution in [0.3, 0.4) is 0 Å². The first-order chi connectivity index (χ1) is 9.02. The Morgan fingerprint density at radius 1 is 1.26 bits per heavy atom. The molecule has 0 heterocycles. The molecule has 0 aromatic heterocycles. The number of benzene rings is 1. The van der Waals surface area contributed by atoms with E-state index in [1.165, 1.54) is 24.0 Å². The van der Waals surface area contributed by atoms with Crippen molar-refractivity contribution in [2.45, 2.75) is 59.2 Å². The summed E-state index contributed by atoms with van der Waals surface area (Å²) in [6.45, 7) is 11.0. The predicted molar refractivity (Wildman–Crippen MR) is 84.5 cm³/mol. The van der Waals surface area contributed by atoms with Crippen molar-refractivity contribution in [2.75, 3.05) is 13.6 Å². The molecule has 19 heavy (non-hydrogen) atoms. The van der Waals surface area contributed by atoms with Gasteiger partial charge in [0.1, 0.15) is 0 Å². The predicted octanol–water partition coefficient (Wildman–Crippen LogP) is 3.59. The van der Waals surface area contributed by atoms with Gasteiger partial charge in [0.2, 0.25) is 0 Å². The van der Waals surface area contributed by atoms with Crippen molar-refractivity contribution in [2.24, 2.45) is 0 Å². The smallest absolute Gasteiger partial charge is 0.0234 e. The molecule has 0 amide bonds. The molecule has 0 radical (unpaired) electrons. The Hall–Kier alpha value is -0.860. The molecular formula is C17H30N2. The summed E-state index contributed by atoms with van der Waals surface area (Å²) in [5.74, 6) is 0. The highest BCUT2D eigenvalue weighted by atomic mass is 15.1. The Kier molecular flexibility index (Phi) is 7.11. The van der Waals surface area contributed by atoms with E-state index in [0.29, 0.717) is 12.1 Å². The van der Waals surface area contributed by atoms with Gasteiger partial charge in [0.25, 0.3) is 0 Å². The number of likely N-dealkylation sites (N-methyl/N-ethyl adjacent to an activating group) is 1. The molecule has 2 heteroatoms. The maximum atomic E-state index is 3.62. The van der Waals surface area contributed by atoms with E-state index in [1.807, 2.05) is 0 Å². The molecule has 108 valence electrons. The van der Waals surface area contributed by atoms with Crippen LogP contribution in [0.1, 0.15) is 44.7 Å². The van der Waals surface area contributed by atoms with Gasteiger partial charge in [0.15, 0.2) is 0 Å². The van der Waals surface area contributed by atoms with Gasteiger partial charge in [0.05, 0.1) is 0 Å². The lowest BCUT2D eigenvalue weighted by Crippen LogP contribution is -2.40. The molecule has 1 rings (SSSR count). The van der Waals surface area contributed by atoms with E-state index in [-0.39, 0.29) is 0 Å². The second kappa shape index (κ2) is 8.34. The van der Waals surface area contributed by atoms with E-state index in [4.69, 9.17) is 0 Å². The van der Waals surface area contributed by atoms with Crippen LogP contribution < -0.4 is 5.32 Å². The second-order valence-electron chi connectivity index (χ2n) is 5.85. The first kappa shape index (κ1) is 16.2. The quantitative estimate of drug-likeness (QED) is 0.770. The van der Waals surface area contributed by atoms with E-state index in [2.05, 4.69) is 69.2 Å².